The van der Waals surface area contributed by atoms with E-state index >= 15 is 0 Å². The fraction of sp³-hybridized carbons (Fsp3) is 0.467. The van der Waals surface area contributed by atoms with E-state index in [1.54, 1.807) is 26.8 Å². The lowest BCUT2D eigenvalue weighted by atomic mass is 9.97. The number of alkyl halides is 2. The molecule has 10 heteroatoms. The summed E-state index contributed by atoms with van der Waals surface area (Å²) in [5, 5.41) is 1.17. The molecular formula is C30H35F2N5O2S. The molecule has 1 N–H and O–H groups in total. The predicted octanol–water partition coefficient (Wildman–Crippen LogP) is 5.29. The molecule has 7 nitrogen and oxygen atoms in total. The van der Waals surface area contributed by atoms with Gasteiger partial charge in [0.05, 0.1) is 16.7 Å². The van der Waals surface area contributed by atoms with Gasteiger partial charge in [-0.1, -0.05) is 18.2 Å². The molecule has 212 valence electrons. The maximum Gasteiger partial charge on any atom is 0.259 e. The second kappa shape index (κ2) is 10.2. The smallest absolute Gasteiger partial charge is 0.259 e. The van der Waals surface area contributed by atoms with Gasteiger partial charge in [0.25, 0.3) is 12.3 Å². The van der Waals surface area contributed by atoms with Crippen molar-refractivity contribution in [2.75, 3.05) is 13.1 Å². The molecule has 1 aliphatic heterocycles. The molecule has 1 saturated carbocycles. The van der Waals surface area contributed by atoms with Crippen LogP contribution < -0.4 is 4.72 Å². The Bertz CT molecular complexity index is 1590. The predicted molar refractivity (Wildman–Crippen MR) is 155 cm³/mol. The fourth-order valence-electron chi connectivity index (χ4n) is 5.49. The van der Waals surface area contributed by atoms with E-state index in [0.717, 1.165) is 29.1 Å². The van der Waals surface area contributed by atoms with Crippen LogP contribution in [0.25, 0.3) is 33.5 Å². The molecule has 0 saturated heterocycles. The Balaban J connectivity index is 1.32. The average molecular weight is 568 g/mol. The number of aromatic nitrogens is 3. The second-order valence-electron chi connectivity index (χ2n) is 12.1. The van der Waals surface area contributed by atoms with Crippen molar-refractivity contribution in [1.29, 1.82) is 0 Å². The third-order valence-electron chi connectivity index (χ3n) is 7.99. The van der Waals surface area contributed by atoms with Gasteiger partial charge in [0, 0.05) is 54.5 Å². The van der Waals surface area contributed by atoms with Gasteiger partial charge < -0.3 is 18.6 Å². The number of benzene rings is 2. The van der Waals surface area contributed by atoms with E-state index in [9.17, 15) is 18.1 Å². The van der Waals surface area contributed by atoms with E-state index in [-0.39, 0.29) is 12.5 Å². The van der Waals surface area contributed by atoms with Gasteiger partial charge in [-0.05, 0) is 75.8 Å². The largest absolute Gasteiger partial charge is 0.598 e. The van der Waals surface area contributed by atoms with Crippen molar-refractivity contribution in [3.8, 4) is 11.5 Å². The lowest BCUT2D eigenvalue weighted by molar-refractivity contribution is 0.0595. The lowest BCUT2D eigenvalue weighted by Crippen LogP contribution is -2.54. The summed E-state index contributed by atoms with van der Waals surface area (Å²) in [5.74, 6) is 1.23. The molecule has 2 aromatic carbocycles. The molecule has 3 heterocycles. The summed E-state index contributed by atoms with van der Waals surface area (Å²) in [6.45, 7) is 6.22. The van der Waals surface area contributed by atoms with Crippen LogP contribution in [0, 0.1) is 5.92 Å². The van der Waals surface area contributed by atoms with E-state index in [0.29, 0.717) is 30.0 Å². The molecular weight excluding hydrogens is 532 g/mol. The molecule has 0 radical (unpaired) electrons. The minimum absolute atomic E-state index is 0.218. The summed E-state index contributed by atoms with van der Waals surface area (Å²) in [6, 6.07) is 13.0. The number of imidazole rings is 1. The van der Waals surface area contributed by atoms with Crippen molar-refractivity contribution in [3.05, 3.63) is 53.6 Å². The lowest BCUT2D eigenvalue weighted by Gasteiger charge is -2.33. The molecule has 6 rings (SSSR count). The number of carbonyl (C=O) groups excluding carboxylic acids is 1. The summed E-state index contributed by atoms with van der Waals surface area (Å²) in [6.07, 6.45) is 0.281. The summed E-state index contributed by atoms with van der Waals surface area (Å²) in [5.41, 5.74) is 5.26. The van der Waals surface area contributed by atoms with Gasteiger partial charge >= 0.3 is 0 Å². The van der Waals surface area contributed by atoms with Crippen molar-refractivity contribution >= 4 is 39.2 Å². The number of para-hydroxylation sites is 1. The molecule has 2 unspecified atom stereocenters. The number of rotatable bonds is 8. The highest BCUT2D eigenvalue weighted by Gasteiger charge is 2.36. The Morgan fingerprint density at radius 3 is 2.60 bits per heavy atom. The molecule has 0 spiro atoms. The highest BCUT2D eigenvalue weighted by Crippen LogP contribution is 2.37. The van der Waals surface area contributed by atoms with Crippen LogP contribution in [0.3, 0.4) is 0 Å². The summed E-state index contributed by atoms with van der Waals surface area (Å²) in [4.78, 5) is 19.9. The first-order valence-electron chi connectivity index (χ1n) is 13.8. The Labute approximate surface area is 235 Å². The van der Waals surface area contributed by atoms with Crippen molar-refractivity contribution in [2.24, 2.45) is 13.0 Å². The molecule has 40 heavy (non-hydrogen) atoms. The van der Waals surface area contributed by atoms with Gasteiger partial charge in [-0.15, -0.1) is 4.72 Å². The van der Waals surface area contributed by atoms with Crippen molar-refractivity contribution in [3.63, 3.8) is 0 Å². The van der Waals surface area contributed by atoms with E-state index < -0.39 is 28.6 Å². The molecule has 1 amide bonds. The summed E-state index contributed by atoms with van der Waals surface area (Å²) < 4.78 is 46.6. The van der Waals surface area contributed by atoms with Gasteiger partial charge in [-0.2, -0.15) is 0 Å². The first-order chi connectivity index (χ1) is 19.0. The zero-order valence-corrected chi connectivity index (χ0v) is 24.1. The third-order valence-corrected chi connectivity index (χ3v) is 9.62. The number of hydrogen-bond acceptors (Lipinski definition) is 4. The highest BCUT2D eigenvalue weighted by atomic mass is 32.2. The van der Waals surface area contributed by atoms with Gasteiger partial charge in [-0.25, -0.2) is 13.8 Å². The quantitative estimate of drug-likeness (QED) is 0.294. The first-order valence-corrected chi connectivity index (χ1v) is 15.0. The Kier molecular flexibility index (Phi) is 6.91. The molecule has 2 aromatic heterocycles. The maximum atomic E-state index is 13.9. The zero-order chi connectivity index (χ0) is 28.3. The van der Waals surface area contributed by atoms with Crippen molar-refractivity contribution in [2.45, 2.75) is 63.8 Å². The Morgan fingerprint density at radius 2 is 1.90 bits per heavy atom. The maximum absolute atomic E-state index is 13.9. The van der Waals surface area contributed by atoms with Crippen molar-refractivity contribution in [1.82, 2.24) is 23.7 Å². The minimum atomic E-state index is -2.76. The normalized spacial score (nSPS) is 17.7. The van der Waals surface area contributed by atoms with Crippen LogP contribution in [0.4, 0.5) is 8.78 Å². The van der Waals surface area contributed by atoms with E-state index in [2.05, 4.69) is 38.1 Å². The van der Waals surface area contributed by atoms with Crippen LogP contribution in [-0.2, 0) is 31.4 Å². The van der Waals surface area contributed by atoms with E-state index in [1.807, 2.05) is 19.2 Å². The summed E-state index contributed by atoms with van der Waals surface area (Å²) >= 11 is -1.68. The number of nitrogens with one attached hydrogen (secondary N) is 1. The average Bonchev–Trinajstić information content (AvgIpc) is 3.58. The Hall–Kier alpha value is -2.95. The van der Waals surface area contributed by atoms with Crippen LogP contribution in [0.2, 0.25) is 0 Å². The molecule has 4 aromatic rings. The van der Waals surface area contributed by atoms with E-state index in [4.69, 9.17) is 4.98 Å². The SMILES string of the molecule is Cn1c(-c2cc3ccccc3n2CC2CC2)nc2cc3c(cc21)CCN(CC(N[S+]([O-])C(C)(C)C)C(F)F)C3=O. The fourth-order valence-corrected chi connectivity index (χ4v) is 6.29. The molecule has 2 aliphatic rings. The Morgan fingerprint density at radius 1 is 1.15 bits per heavy atom. The summed E-state index contributed by atoms with van der Waals surface area (Å²) in [7, 11) is 2.00. The highest BCUT2D eigenvalue weighted by molar-refractivity contribution is 7.90. The van der Waals surface area contributed by atoms with Crippen LogP contribution in [0.15, 0.2) is 42.5 Å². The van der Waals surface area contributed by atoms with Gasteiger partial charge in [0.2, 0.25) is 0 Å². The van der Waals surface area contributed by atoms with Gasteiger partial charge in [-0.3, -0.25) is 4.79 Å². The zero-order valence-electron chi connectivity index (χ0n) is 23.3. The van der Waals surface area contributed by atoms with E-state index in [1.165, 1.54) is 28.6 Å². The molecule has 1 fully saturated rings. The van der Waals surface area contributed by atoms with Gasteiger partial charge in [0.15, 0.2) is 5.82 Å². The van der Waals surface area contributed by atoms with Crippen LogP contribution in [0.1, 0.15) is 49.5 Å². The number of fused-ring (bicyclic) bond motifs is 3. The minimum Gasteiger partial charge on any atom is -0.598 e. The third kappa shape index (κ3) is 5.01. The van der Waals surface area contributed by atoms with Gasteiger partial charge in [0.1, 0.15) is 10.8 Å². The standard InChI is InChI=1S/C30H35F2N5O2S/c1-30(2,3)40(39)34-23(27(31)32)17-36-12-11-19-13-25-22(15-21(19)29(36)38)33-28(35(25)4)26-14-20-7-5-6-8-24(20)37(26)16-18-9-10-18/h5-8,13-15,18,23,27,34H,9-12,16-17H2,1-4H3. The van der Waals surface area contributed by atoms with Crippen LogP contribution in [0.5, 0.6) is 0 Å². The van der Waals surface area contributed by atoms with Crippen LogP contribution >= 0.6 is 0 Å². The molecule has 1 aliphatic carbocycles. The molecule has 0 bridgehead atoms. The number of nitrogens with zero attached hydrogens (tertiary/aromatic N) is 4. The first kappa shape index (κ1) is 27.2. The van der Waals surface area contributed by atoms with Crippen molar-refractivity contribution < 1.29 is 18.1 Å². The number of carbonyl (C=O) groups is 1. The second-order valence-corrected chi connectivity index (χ2v) is 14.1. The monoisotopic (exact) mass is 567 g/mol. The van der Waals surface area contributed by atoms with Crippen LogP contribution in [-0.4, -0.2) is 59.8 Å². The number of hydrogen-bond donors (Lipinski definition) is 1. The number of halogens is 2. The number of amides is 1. The molecule has 2 atom stereocenters. The number of aryl methyl sites for hydroxylation is 1. The topological polar surface area (TPSA) is 78.2 Å².